The molecule has 0 aliphatic carbocycles. The topological polar surface area (TPSA) is 61.7 Å². The summed E-state index contributed by atoms with van der Waals surface area (Å²) in [6.07, 6.45) is 2.47. The summed E-state index contributed by atoms with van der Waals surface area (Å²) >= 11 is 5.85. The second-order valence-corrected chi connectivity index (χ2v) is 4.59. The molecule has 2 N–H and O–H groups in total. The van der Waals surface area contributed by atoms with Crippen molar-refractivity contribution < 1.29 is 9.90 Å². The van der Waals surface area contributed by atoms with Crippen molar-refractivity contribution >= 4 is 29.0 Å². The Morgan fingerprint density at radius 1 is 1.05 bits per heavy atom. The van der Waals surface area contributed by atoms with Crippen LogP contribution in [0.3, 0.4) is 0 Å². The van der Waals surface area contributed by atoms with Gasteiger partial charge in [0.2, 0.25) is 0 Å². The monoisotopic (exact) mass is 300 g/mol. The fourth-order valence-corrected chi connectivity index (χ4v) is 1.73. The van der Waals surface area contributed by atoms with Crippen molar-refractivity contribution in [1.82, 2.24) is 0 Å². The fraction of sp³-hybridized carbons (Fsp3) is 0. The van der Waals surface area contributed by atoms with Crippen LogP contribution in [0.4, 0.5) is 5.69 Å². The lowest BCUT2D eigenvalue weighted by atomic mass is 10.1. The third kappa shape index (κ3) is 4.78. The van der Waals surface area contributed by atoms with Crippen LogP contribution >= 0.6 is 11.6 Å². The molecule has 0 aromatic heterocycles. The number of nitrogens with zero attached hydrogens (tertiary/aromatic N) is 1. The highest BCUT2D eigenvalue weighted by Gasteiger charge is 2.01. The van der Waals surface area contributed by atoms with Gasteiger partial charge in [-0.15, -0.1) is 0 Å². The number of carboxylic acid groups (broad SMARTS) is 1. The Hall–Kier alpha value is -2.59. The van der Waals surface area contributed by atoms with Gasteiger partial charge in [0.25, 0.3) is 0 Å². The average molecular weight is 301 g/mol. The number of hydrazone groups is 1. The van der Waals surface area contributed by atoms with E-state index in [0.717, 1.165) is 17.3 Å². The number of anilines is 1. The quantitative estimate of drug-likeness (QED) is 0.501. The predicted molar refractivity (Wildman–Crippen MR) is 84.8 cm³/mol. The second kappa shape index (κ2) is 7.26. The van der Waals surface area contributed by atoms with Crippen LogP contribution in [0, 0.1) is 0 Å². The molecular weight excluding hydrogens is 288 g/mol. The molecule has 0 unspecified atom stereocenters. The number of benzene rings is 2. The summed E-state index contributed by atoms with van der Waals surface area (Å²) in [5.41, 5.74) is 4.97. The van der Waals surface area contributed by atoms with Gasteiger partial charge < -0.3 is 5.11 Å². The fourth-order valence-electron chi connectivity index (χ4n) is 1.61. The van der Waals surface area contributed by atoms with E-state index in [1.807, 2.05) is 30.3 Å². The first-order valence-corrected chi connectivity index (χ1v) is 6.58. The van der Waals surface area contributed by atoms with Gasteiger partial charge in [-0.3, -0.25) is 5.43 Å². The Morgan fingerprint density at radius 2 is 1.71 bits per heavy atom. The molecule has 4 nitrogen and oxygen atoms in total. The molecule has 0 atom stereocenters. The average Bonchev–Trinajstić information content (AvgIpc) is 2.49. The van der Waals surface area contributed by atoms with Gasteiger partial charge >= 0.3 is 5.97 Å². The first-order valence-electron chi connectivity index (χ1n) is 6.21. The summed E-state index contributed by atoms with van der Waals surface area (Å²) in [6, 6.07) is 16.4. The summed E-state index contributed by atoms with van der Waals surface area (Å²) in [5.74, 6) is -1.03. The number of nitrogens with one attached hydrogen (secondary N) is 1. The van der Waals surface area contributed by atoms with Crippen LogP contribution in [0.15, 0.2) is 71.9 Å². The van der Waals surface area contributed by atoms with Crippen LogP contribution in [0.5, 0.6) is 0 Å². The number of halogens is 1. The maximum absolute atomic E-state index is 10.7. The first-order chi connectivity index (χ1) is 10.1. The molecule has 2 aromatic carbocycles. The van der Waals surface area contributed by atoms with E-state index in [1.54, 1.807) is 24.3 Å². The van der Waals surface area contributed by atoms with Gasteiger partial charge in [-0.1, -0.05) is 41.9 Å². The molecular formula is C16H13ClN2O2. The van der Waals surface area contributed by atoms with Gasteiger partial charge in [0.1, 0.15) is 0 Å². The predicted octanol–water partition coefficient (Wildman–Crippen LogP) is 3.80. The van der Waals surface area contributed by atoms with Crippen LogP contribution in [0.25, 0.3) is 0 Å². The zero-order valence-electron chi connectivity index (χ0n) is 11.0. The van der Waals surface area contributed by atoms with E-state index in [2.05, 4.69) is 10.5 Å². The van der Waals surface area contributed by atoms with Crippen molar-refractivity contribution in [3.63, 3.8) is 0 Å². The van der Waals surface area contributed by atoms with E-state index in [0.29, 0.717) is 10.7 Å². The van der Waals surface area contributed by atoms with Crippen LogP contribution in [0.1, 0.15) is 5.56 Å². The molecule has 2 aromatic rings. The number of aliphatic carboxylic acids is 1. The summed E-state index contributed by atoms with van der Waals surface area (Å²) in [6.45, 7) is 0. The largest absolute Gasteiger partial charge is 0.478 e. The molecule has 0 bridgehead atoms. The van der Waals surface area contributed by atoms with Gasteiger partial charge in [-0.2, -0.15) is 5.10 Å². The lowest BCUT2D eigenvalue weighted by Crippen LogP contribution is -2.02. The number of carboxylic acids is 1. The Balaban J connectivity index is 2.27. The second-order valence-electron chi connectivity index (χ2n) is 4.15. The van der Waals surface area contributed by atoms with E-state index >= 15 is 0 Å². The molecule has 21 heavy (non-hydrogen) atoms. The highest BCUT2D eigenvalue weighted by molar-refractivity contribution is 6.30. The molecule has 106 valence electrons. The van der Waals surface area contributed by atoms with Crippen LogP contribution in [0.2, 0.25) is 5.02 Å². The van der Waals surface area contributed by atoms with Gasteiger partial charge in [0.05, 0.1) is 11.4 Å². The van der Waals surface area contributed by atoms with Gasteiger partial charge in [0.15, 0.2) is 0 Å². The Bertz CT molecular complexity index is 664. The first kappa shape index (κ1) is 14.8. The van der Waals surface area contributed by atoms with Crippen molar-refractivity contribution in [1.29, 1.82) is 0 Å². The minimum atomic E-state index is -1.03. The molecule has 0 fully saturated rings. The summed E-state index contributed by atoms with van der Waals surface area (Å²) in [7, 11) is 0. The highest BCUT2D eigenvalue weighted by atomic mass is 35.5. The van der Waals surface area contributed by atoms with Crippen LogP contribution in [-0.4, -0.2) is 16.8 Å². The lowest BCUT2D eigenvalue weighted by molar-refractivity contribution is -0.131. The van der Waals surface area contributed by atoms with Gasteiger partial charge in [0, 0.05) is 16.7 Å². The summed E-state index contributed by atoms with van der Waals surface area (Å²) in [5, 5.41) is 13.6. The normalized spacial score (nSPS) is 11.6. The summed E-state index contributed by atoms with van der Waals surface area (Å²) < 4.78 is 0. The molecule has 0 heterocycles. The van der Waals surface area contributed by atoms with E-state index in [4.69, 9.17) is 16.7 Å². The van der Waals surface area contributed by atoms with Crippen molar-refractivity contribution in [2.75, 3.05) is 5.43 Å². The molecule has 0 amide bonds. The highest BCUT2D eigenvalue weighted by Crippen LogP contribution is 2.12. The molecule has 0 saturated heterocycles. The summed E-state index contributed by atoms with van der Waals surface area (Å²) in [4.78, 5) is 10.7. The molecule has 0 radical (unpaired) electrons. The minimum Gasteiger partial charge on any atom is -0.478 e. The van der Waals surface area contributed by atoms with Crippen LogP contribution < -0.4 is 5.43 Å². The number of hydrogen-bond donors (Lipinski definition) is 2. The smallest absolute Gasteiger partial charge is 0.328 e. The number of para-hydroxylation sites is 1. The van der Waals surface area contributed by atoms with Gasteiger partial charge in [-0.05, 0) is 30.3 Å². The zero-order valence-corrected chi connectivity index (χ0v) is 11.8. The zero-order chi connectivity index (χ0) is 15.1. The standard InChI is InChI=1S/C16H13ClN2O2/c17-13-8-6-12(7-9-13)15(10-11-16(20)21)19-18-14-4-2-1-3-5-14/h1-11,18H,(H,20,21). The van der Waals surface area contributed by atoms with E-state index in [-0.39, 0.29) is 0 Å². The number of allylic oxidation sites excluding steroid dienone is 1. The maximum Gasteiger partial charge on any atom is 0.328 e. The molecule has 2 rings (SSSR count). The van der Waals surface area contributed by atoms with Crippen molar-refractivity contribution in [2.24, 2.45) is 5.10 Å². The van der Waals surface area contributed by atoms with Crippen LogP contribution in [-0.2, 0) is 4.79 Å². The van der Waals surface area contributed by atoms with Gasteiger partial charge in [-0.25, -0.2) is 4.79 Å². The van der Waals surface area contributed by atoms with E-state index in [9.17, 15) is 4.79 Å². The molecule has 0 aliphatic heterocycles. The SMILES string of the molecule is O=C(O)C=CC(=NNc1ccccc1)c1ccc(Cl)cc1. The van der Waals surface area contributed by atoms with E-state index < -0.39 is 5.97 Å². The Labute approximate surface area is 127 Å². The maximum atomic E-state index is 10.7. The number of rotatable bonds is 5. The van der Waals surface area contributed by atoms with Crippen molar-refractivity contribution in [3.05, 3.63) is 77.3 Å². The van der Waals surface area contributed by atoms with Crippen molar-refractivity contribution in [3.8, 4) is 0 Å². The van der Waals surface area contributed by atoms with E-state index in [1.165, 1.54) is 6.08 Å². The third-order valence-corrected chi connectivity index (χ3v) is 2.85. The molecule has 0 spiro atoms. The molecule has 0 saturated carbocycles. The molecule has 5 heteroatoms. The minimum absolute atomic E-state index is 0.498. The molecule has 0 aliphatic rings. The number of hydrogen-bond acceptors (Lipinski definition) is 3. The lowest BCUT2D eigenvalue weighted by Gasteiger charge is -2.04. The van der Waals surface area contributed by atoms with Crippen molar-refractivity contribution in [2.45, 2.75) is 0 Å². The third-order valence-electron chi connectivity index (χ3n) is 2.60. The Morgan fingerprint density at radius 3 is 2.33 bits per heavy atom. The Kier molecular flexibility index (Phi) is 5.12. The number of carbonyl (C=O) groups is 1.